The maximum Gasteiger partial charge on any atom is 0.271 e. The number of furan rings is 1. The minimum absolute atomic E-state index is 0.0270. The molecule has 2 fully saturated rings. The molecule has 0 aromatic carbocycles. The van der Waals surface area contributed by atoms with Crippen LogP contribution >= 0.6 is 0 Å². The van der Waals surface area contributed by atoms with Crippen LogP contribution in [0.25, 0.3) is 11.1 Å². The molecule has 2 amide bonds. The van der Waals surface area contributed by atoms with Gasteiger partial charge in [0.1, 0.15) is 17.0 Å². The Morgan fingerprint density at radius 3 is 2.50 bits per heavy atom. The maximum absolute atomic E-state index is 13.8. The zero-order valence-electron chi connectivity index (χ0n) is 21.1. The lowest BCUT2D eigenvalue weighted by atomic mass is 9.91. The van der Waals surface area contributed by atoms with Crippen LogP contribution in [0.2, 0.25) is 0 Å². The Morgan fingerprint density at radius 2 is 1.79 bits per heavy atom. The summed E-state index contributed by atoms with van der Waals surface area (Å²) in [5.74, 6) is 0.715. The third-order valence-electron chi connectivity index (χ3n) is 8.54. The smallest absolute Gasteiger partial charge is 0.271 e. The Kier molecular flexibility index (Phi) is 6.49. The normalized spacial score (nSPS) is 24.7. The molecule has 0 saturated heterocycles. The van der Waals surface area contributed by atoms with Gasteiger partial charge in [0.2, 0.25) is 5.91 Å². The highest BCUT2D eigenvalue weighted by Crippen LogP contribution is 2.34. The summed E-state index contributed by atoms with van der Waals surface area (Å²) in [6.45, 7) is 5.64. The predicted octanol–water partition coefficient (Wildman–Crippen LogP) is 4.47. The average Bonchev–Trinajstić information content (AvgIpc) is 3.36. The summed E-state index contributed by atoms with van der Waals surface area (Å²) in [6.07, 6.45) is 12.0. The van der Waals surface area contributed by atoms with Crippen molar-refractivity contribution in [2.75, 3.05) is 20.1 Å². The molecule has 7 heteroatoms. The summed E-state index contributed by atoms with van der Waals surface area (Å²) in [6, 6.07) is 4.60. The fourth-order valence-electron chi connectivity index (χ4n) is 6.36. The number of nitrogens with zero attached hydrogens (tertiary/aromatic N) is 3. The second kappa shape index (κ2) is 9.40. The Labute approximate surface area is 202 Å². The van der Waals surface area contributed by atoms with Crippen LogP contribution < -0.4 is 5.32 Å². The van der Waals surface area contributed by atoms with Gasteiger partial charge in [-0.15, -0.1) is 0 Å². The first-order valence-corrected chi connectivity index (χ1v) is 13.3. The molecule has 3 heterocycles. The van der Waals surface area contributed by atoms with Gasteiger partial charge in [-0.25, -0.2) is 0 Å². The number of rotatable bonds is 6. The Bertz CT molecular complexity index is 1040. The van der Waals surface area contributed by atoms with Gasteiger partial charge in [0.25, 0.3) is 5.91 Å². The third-order valence-corrected chi connectivity index (χ3v) is 8.54. The number of hydrogen-bond donors (Lipinski definition) is 1. The number of aryl methyl sites for hydroxylation is 1. The highest BCUT2D eigenvalue weighted by atomic mass is 16.3. The Balaban J connectivity index is 1.42. The van der Waals surface area contributed by atoms with E-state index in [9.17, 15) is 9.59 Å². The number of aromatic nitrogens is 1. The van der Waals surface area contributed by atoms with Crippen LogP contribution in [0.15, 0.2) is 16.5 Å². The van der Waals surface area contributed by atoms with E-state index in [1.807, 2.05) is 35.4 Å². The number of likely N-dealkylation sites (N-methyl/N-ethyl adjacent to an activating group) is 1. The molecule has 1 N–H and O–H groups in total. The van der Waals surface area contributed by atoms with Crippen LogP contribution in [-0.2, 0) is 11.3 Å². The molecule has 0 radical (unpaired) electrons. The minimum Gasteiger partial charge on any atom is -0.460 e. The van der Waals surface area contributed by atoms with E-state index in [0.717, 1.165) is 49.1 Å². The van der Waals surface area contributed by atoms with Crippen molar-refractivity contribution >= 4 is 22.9 Å². The maximum atomic E-state index is 13.8. The first kappa shape index (κ1) is 23.5. The molecule has 186 valence electrons. The molecule has 2 aromatic heterocycles. The fourth-order valence-corrected chi connectivity index (χ4v) is 6.36. The molecule has 1 aliphatic heterocycles. The SMILES string of the molecule is Cc1cc2c(cc3n2C[C@@](C)(C(=O)NC2CCCCC2)N(CCN(C)C2CCCCC2)C3=O)o1. The predicted molar refractivity (Wildman–Crippen MR) is 133 cm³/mol. The van der Waals surface area contributed by atoms with Crippen LogP contribution in [-0.4, -0.2) is 63.9 Å². The summed E-state index contributed by atoms with van der Waals surface area (Å²) in [7, 11) is 2.17. The van der Waals surface area contributed by atoms with Gasteiger partial charge in [-0.2, -0.15) is 0 Å². The van der Waals surface area contributed by atoms with Gasteiger partial charge in [-0.05, 0) is 46.6 Å². The summed E-state index contributed by atoms with van der Waals surface area (Å²) >= 11 is 0. The number of carbonyl (C=O) groups excluding carboxylic acids is 2. The number of hydrogen-bond acceptors (Lipinski definition) is 4. The molecule has 2 aromatic rings. The second-order valence-corrected chi connectivity index (χ2v) is 11.0. The van der Waals surface area contributed by atoms with Gasteiger partial charge in [-0.1, -0.05) is 38.5 Å². The summed E-state index contributed by atoms with van der Waals surface area (Å²) < 4.78 is 7.83. The van der Waals surface area contributed by atoms with E-state index in [1.165, 1.54) is 38.5 Å². The Morgan fingerprint density at radius 1 is 1.12 bits per heavy atom. The monoisotopic (exact) mass is 468 g/mol. The molecule has 2 aliphatic carbocycles. The van der Waals surface area contributed by atoms with Crippen LogP contribution in [0.3, 0.4) is 0 Å². The first-order chi connectivity index (χ1) is 16.4. The van der Waals surface area contributed by atoms with Gasteiger partial charge < -0.3 is 24.1 Å². The van der Waals surface area contributed by atoms with Crippen molar-refractivity contribution in [3.05, 3.63) is 23.6 Å². The van der Waals surface area contributed by atoms with Gasteiger partial charge in [0.15, 0.2) is 5.58 Å². The van der Waals surface area contributed by atoms with Crippen molar-refractivity contribution in [2.45, 2.75) is 102 Å². The molecule has 5 rings (SSSR count). The molecule has 1 atom stereocenters. The number of nitrogens with one attached hydrogen (secondary N) is 1. The zero-order valence-corrected chi connectivity index (χ0v) is 21.1. The minimum atomic E-state index is -0.938. The van der Waals surface area contributed by atoms with Crippen molar-refractivity contribution in [3.8, 4) is 0 Å². The quantitative estimate of drug-likeness (QED) is 0.679. The standard InChI is InChI=1S/C27H40N4O3/c1-19-16-22-24(34-19)17-23-25(32)31(15-14-29(3)21-12-8-5-9-13-21)27(2,18-30(22)23)26(33)28-20-10-6-4-7-11-20/h16-17,20-21H,4-15,18H2,1-3H3,(H,28,33)/t27-/m0/s1. The molecule has 34 heavy (non-hydrogen) atoms. The topological polar surface area (TPSA) is 70.7 Å². The molecule has 3 aliphatic rings. The van der Waals surface area contributed by atoms with Crippen LogP contribution in [0.4, 0.5) is 0 Å². The second-order valence-electron chi connectivity index (χ2n) is 11.0. The van der Waals surface area contributed by atoms with E-state index >= 15 is 0 Å². The largest absolute Gasteiger partial charge is 0.460 e. The number of fused-ring (bicyclic) bond motifs is 3. The molecule has 2 saturated carbocycles. The van der Waals surface area contributed by atoms with Gasteiger partial charge in [0.05, 0.1) is 12.1 Å². The fraction of sp³-hybridized carbons (Fsp3) is 0.704. The highest BCUT2D eigenvalue weighted by Gasteiger charge is 2.48. The van der Waals surface area contributed by atoms with Crippen molar-refractivity contribution in [2.24, 2.45) is 0 Å². The average molecular weight is 469 g/mol. The van der Waals surface area contributed by atoms with Crippen LogP contribution in [0.5, 0.6) is 0 Å². The lowest BCUT2D eigenvalue weighted by Crippen LogP contribution is -2.66. The highest BCUT2D eigenvalue weighted by molar-refractivity contribution is 6.03. The van der Waals surface area contributed by atoms with Crippen molar-refractivity contribution in [1.29, 1.82) is 0 Å². The molecular weight excluding hydrogens is 428 g/mol. The van der Waals surface area contributed by atoms with E-state index in [4.69, 9.17) is 4.42 Å². The van der Waals surface area contributed by atoms with Crippen LogP contribution in [0.1, 0.15) is 87.4 Å². The van der Waals surface area contributed by atoms with E-state index in [-0.39, 0.29) is 17.9 Å². The van der Waals surface area contributed by atoms with Crippen molar-refractivity contribution in [3.63, 3.8) is 0 Å². The lowest BCUT2D eigenvalue weighted by molar-refractivity contribution is -0.134. The molecular formula is C27H40N4O3. The summed E-state index contributed by atoms with van der Waals surface area (Å²) in [5.41, 5.74) is 1.30. The van der Waals surface area contributed by atoms with Gasteiger partial charge >= 0.3 is 0 Å². The molecule has 0 bridgehead atoms. The number of amides is 2. The van der Waals surface area contributed by atoms with Gasteiger partial charge in [0, 0.05) is 37.3 Å². The number of carbonyl (C=O) groups is 2. The summed E-state index contributed by atoms with van der Waals surface area (Å²) in [5, 5.41) is 3.32. The van der Waals surface area contributed by atoms with Crippen molar-refractivity contribution in [1.82, 2.24) is 19.7 Å². The van der Waals surface area contributed by atoms with Gasteiger partial charge in [-0.3, -0.25) is 9.59 Å². The Hall–Kier alpha value is -2.28. The zero-order chi connectivity index (χ0) is 23.9. The third kappa shape index (κ3) is 4.28. The summed E-state index contributed by atoms with van der Waals surface area (Å²) in [4.78, 5) is 31.9. The van der Waals surface area contributed by atoms with E-state index in [2.05, 4.69) is 17.3 Å². The van der Waals surface area contributed by atoms with Crippen LogP contribution in [0, 0.1) is 6.92 Å². The first-order valence-electron chi connectivity index (χ1n) is 13.3. The van der Waals surface area contributed by atoms with E-state index in [1.54, 1.807) is 0 Å². The molecule has 7 nitrogen and oxygen atoms in total. The van der Waals surface area contributed by atoms with E-state index in [0.29, 0.717) is 24.8 Å². The molecule has 0 unspecified atom stereocenters. The molecule has 0 spiro atoms. The van der Waals surface area contributed by atoms with Crippen molar-refractivity contribution < 1.29 is 14.0 Å². The van der Waals surface area contributed by atoms with E-state index < -0.39 is 5.54 Å². The lowest BCUT2D eigenvalue weighted by Gasteiger charge is -2.45.